The van der Waals surface area contributed by atoms with Gasteiger partial charge in [0, 0.05) is 0 Å². The minimum absolute atomic E-state index is 0.862. The van der Waals surface area contributed by atoms with Gasteiger partial charge in [0.05, 0.1) is 39.6 Å². The first-order chi connectivity index (χ1) is 31.8. The molecule has 67 heavy (non-hydrogen) atoms. The standard InChI is InChI=1S/C36H62O31/c37-1-7-13(43)19(49)20(50)32(58-7)64-27-15(45)9(3-39)60-34(22(27)52)66-29-17(47)11(5-41)62-36(24(29)54)67-30-18(48)12(6-42)61-35(25(30)55)65-28-16(46)10(4-40)59-33(23(28)53)63-26-14(44)8(2-38)57-31(56)21(26)51/h7-56H,1-6H2/t7?,8?,9?,10?,11?,12?,13-,14-,15-,16-,17-,18-,19+,20?,21?,22?,23?,24?,25?,26+,27+,28+,29+,30+,31-,32-,33+,34-,35-,36-/m1/s1. The summed E-state index contributed by atoms with van der Waals surface area (Å²) in [6, 6.07) is 0. The Labute approximate surface area is 378 Å². The number of ether oxygens (including phenoxy) is 11. The van der Waals surface area contributed by atoms with Gasteiger partial charge in [-0.3, -0.25) is 0 Å². The predicted molar refractivity (Wildman–Crippen MR) is 199 cm³/mol. The van der Waals surface area contributed by atoms with Gasteiger partial charge in [0.1, 0.15) is 146 Å². The van der Waals surface area contributed by atoms with Crippen LogP contribution in [0, 0.1) is 0 Å². The minimum atomic E-state index is -2.26. The molecule has 0 spiro atoms. The molecule has 20 N–H and O–H groups in total. The van der Waals surface area contributed by atoms with Gasteiger partial charge in [-0.25, -0.2) is 0 Å². The Bertz CT molecular complexity index is 1510. The van der Waals surface area contributed by atoms with Gasteiger partial charge >= 0.3 is 0 Å². The van der Waals surface area contributed by atoms with Crippen LogP contribution >= 0.6 is 0 Å². The zero-order chi connectivity index (χ0) is 49.3. The monoisotopic (exact) mass is 990 g/mol. The van der Waals surface area contributed by atoms with E-state index in [2.05, 4.69) is 0 Å². The molecule has 30 atom stereocenters. The van der Waals surface area contributed by atoms with Gasteiger partial charge in [-0.1, -0.05) is 0 Å². The second kappa shape index (κ2) is 23.5. The van der Waals surface area contributed by atoms with Crippen molar-refractivity contribution in [3.8, 4) is 0 Å². The Morgan fingerprint density at radius 1 is 0.224 bits per heavy atom. The zero-order valence-corrected chi connectivity index (χ0v) is 35.0. The summed E-state index contributed by atoms with van der Waals surface area (Å²) in [4.78, 5) is 0. The van der Waals surface area contributed by atoms with Crippen molar-refractivity contribution in [2.75, 3.05) is 39.6 Å². The van der Waals surface area contributed by atoms with Gasteiger partial charge in [-0.2, -0.15) is 0 Å². The fourth-order valence-electron chi connectivity index (χ4n) is 8.49. The largest absolute Gasteiger partial charge is 0.394 e. The topological polar surface area (TPSA) is 506 Å². The van der Waals surface area contributed by atoms with Crippen molar-refractivity contribution in [3.05, 3.63) is 0 Å². The predicted octanol–water partition coefficient (Wildman–Crippen LogP) is -14.1. The fraction of sp³-hybridized carbons (Fsp3) is 1.00. The highest BCUT2D eigenvalue weighted by Crippen LogP contribution is 2.37. The summed E-state index contributed by atoms with van der Waals surface area (Å²) < 4.78 is 60.4. The zero-order valence-electron chi connectivity index (χ0n) is 35.0. The molecular weight excluding hydrogens is 928 g/mol. The number of aliphatic hydroxyl groups excluding tert-OH is 20. The first-order valence-corrected chi connectivity index (χ1v) is 21.1. The van der Waals surface area contributed by atoms with E-state index in [9.17, 15) is 102 Å². The van der Waals surface area contributed by atoms with E-state index < -0.39 is 224 Å². The van der Waals surface area contributed by atoms with Gasteiger partial charge in [0.15, 0.2) is 37.7 Å². The Morgan fingerprint density at radius 2 is 0.433 bits per heavy atom. The van der Waals surface area contributed by atoms with Gasteiger partial charge in [-0.05, 0) is 0 Å². The van der Waals surface area contributed by atoms with Crippen LogP contribution in [-0.4, -0.2) is 326 Å². The lowest BCUT2D eigenvalue weighted by Gasteiger charge is -2.50. The molecule has 6 heterocycles. The van der Waals surface area contributed by atoms with E-state index in [4.69, 9.17) is 52.1 Å². The van der Waals surface area contributed by atoms with Crippen LogP contribution in [0.1, 0.15) is 0 Å². The molecule has 12 unspecified atom stereocenters. The Kier molecular flexibility index (Phi) is 19.4. The summed E-state index contributed by atoms with van der Waals surface area (Å²) in [5.41, 5.74) is 0. The van der Waals surface area contributed by atoms with E-state index in [-0.39, 0.29) is 0 Å². The van der Waals surface area contributed by atoms with E-state index >= 15 is 0 Å². The van der Waals surface area contributed by atoms with Crippen molar-refractivity contribution in [2.24, 2.45) is 0 Å². The van der Waals surface area contributed by atoms with Crippen LogP contribution in [0.15, 0.2) is 0 Å². The number of rotatable bonds is 16. The van der Waals surface area contributed by atoms with Gasteiger partial charge in [0.2, 0.25) is 0 Å². The maximum Gasteiger partial charge on any atom is 0.187 e. The Balaban J connectivity index is 1.18. The maximum atomic E-state index is 11.5. The number of hydrogen-bond donors (Lipinski definition) is 20. The fourth-order valence-corrected chi connectivity index (χ4v) is 8.49. The van der Waals surface area contributed by atoms with Crippen molar-refractivity contribution in [2.45, 2.75) is 184 Å². The molecule has 0 aromatic heterocycles. The SMILES string of the molecule is OCC1O[C@H](O[C@@H]2C(O)[C@@H](O[C@@H]3C(O)[C@@H](O[C@@H]4C(O)[C@@H](O[C@@H]5C(O)[C@H](O[C@@H]6C(O)[C@H](O)OC(CO)[C@H]6O)OC(CO)[C@H]5O)OC(CO)[C@H]4O)OC(CO)[C@H]3O)OC(CO)[C@H]2O)C(O)[C@@H](O)[C@@H]1O. The van der Waals surface area contributed by atoms with Crippen LogP contribution in [0.3, 0.4) is 0 Å². The summed E-state index contributed by atoms with van der Waals surface area (Å²) in [6.07, 6.45) is -58.5. The lowest BCUT2D eigenvalue weighted by molar-refractivity contribution is -0.398. The summed E-state index contributed by atoms with van der Waals surface area (Å²) in [6.45, 7) is -5.79. The molecule has 0 aromatic carbocycles. The molecule has 6 fully saturated rings. The van der Waals surface area contributed by atoms with E-state index in [0.29, 0.717) is 0 Å². The Morgan fingerprint density at radius 3 is 0.687 bits per heavy atom. The van der Waals surface area contributed by atoms with Crippen LogP contribution in [0.4, 0.5) is 0 Å². The van der Waals surface area contributed by atoms with Crippen molar-refractivity contribution in [1.82, 2.24) is 0 Å². The normalized spacial score (nSPS) is 53.4. The van der Waals surface area contributed by atoms with Crippen LogP contribution < -0.4 is 0 Å². The third-order valence-corrected chi connectivity index (χ3v) is 12.4. The molecule has 6 aliphatic rings. The smallest absolute Gasteiger partial charge is 0.187 e. The quantitative estimate of drug-likeness (QED) is 0.0683. The summed E-state index contributed by atoms with van der Waals surface area (Å²) in [5, 5.41) is 211. The highest BCUT2D eigenvalue weighted by molar-refractivity contribution is 5.00. The molecule has 6 saturated heterocycles. The van der Waals surface area contributed by atoms with Crippen molar-refractivity contribution >= 4 is 0 Å². The second-order valence-electron chi connectivity index (χ2n) is 16.8. The summed E-state index contributed by atoms with van der Waals surface area (Å²) in [7, 11) is 0. The highest BCUT2D eigenvalue weighted by atomic mass is 16.8. The molecule has 6 rings (SSSR count). The van der Waals surface area contributed by atoms with E-state index in [1.54, 1.807) is 0 Å². The molecule has 31 nitrogen and oxygen atoms in total. The summed E-state index contributed by atoms with van der Waals surface area (Å²) in [5.74, 6) is 0. The third-order valence-electron chi connectivity index (χ3n) is 12.4. The maximum absolute atomic E-state index is 11.5. The lowest BCUT2D eigenvalue weighted by Crippen LogP contribution is -2.68. The molecule has 0 saturated carbocycles. The Hall–Kier alpha value is -1.24. The molecule has 392 valence electrons. The average molecular weight is 991 g/mol. The number of aliphatic hydroxyl groups is 20. The molecule has 31 heteroatoms. The van der Waals surface area contributed by atoms with Gasteiger partial charge in [-0.15, -0.1) is 0 Å². The van der Waals surface area contributed by atoms with Crippen molar-refractivity contribution in [3.63, 3.8) is 0 Å². The van der Waals surface area contributed by atoms with Crippen LogP contribution in [-0.2, 0) is 52.1 Å². The summed E-state index contributed by atoms with van der Waals surface area (Å²) >= 11 is 0. The van der Waals surface area contributed by atoms with E-state index in [1.165, 1.54) is 0 Å². The van der Waals surface area contributed by atoms with Crippen molar-refractivity contribution < 1.29 is 154 Å². The number of hydrogen-bond acceptors (Lipinski definition) is 31. The first kappa shape index (κ1) is 55.1. The molecule has 0 amide bonds. The first-order valence-electron chi connectivity index (χ1n) is 21.1. The van der Waals surface area contributed by atoms with Crippen LogP contribution in [0.5, 0.6) is 0 Å². The third kappa shape index (κ3) is 11.2. The average Bonchev–Trinajstić information content (AvgIpc) is 3.31. The van der Waals surface area contributed by atoms with E-state index in [1.807, 2.05) is 0 Å². The highest BCUT2D eigenvalue weighted by Gasteiger charge is 2.58. The second-order valence-corrected chi connectivity index (χ2v) is 16.8. The van der Waals surface area contributed by atoms with Gasteiger partial charge in [0.25, 0.3) is 0 Å². The molecule has 6 aliphatic heterocycles. The molecule has 0 radical (unpaired) electrons. The van der Waals surface area contributed by atoms with E-state index in [0.717, 1.165) is 0 Å². The minimum Gasteiger partial charge on any atom is -0.394 e. The molecule has 0 aromatic rings. The molecule has 0 bridgehead atoms. The molecular formula is C36H62O31. The van der Waals surface area contributed by atoms with Crippen molar-refractivity contribution in [1.29, 1.82) is 0 Å². The van der Waals surface area contributed by atoms with Crippen LogP contribution in [0.2, 0.25) is 0 Å². The van der Waals surface area contributed by atoms with Gasteiger partial charge < -0.3 is 154 Å². The lowest BCUT2D eigenvalue weighted by atomic mass is 9.95. The molecule has 0 aliphatic carbocycles. The van der Waals surface area contributed by atoms with Crippen LogP contribution in [0.25, 0.3) is 0 Å².